The van der Waals surface area contributed by atoms with E-state index in [4.69, 9.17) is 4.42 Å². The van der Waals surface area contributed by atoms with E-state index in [9.17, 15) is 0 Å². The number of hydrogen-bond donors (Lipinski definition) is 0. The highest BCUT2D eigenvalue weighted by Crippen LogP contribution is 2.47. The third-order valence-corrected chi connectivity index (χ3v) is 3.77. The summed E-state index contributed by atoms with van der Waals surface area (Å²) in [5.41, 5.74) is 3.02. The fourth-order valence-corrected chi connectivity index (χ4v) is 2.92. The van der Waals surface area contributed by atoms with Crippen molar-refractivity contribution < 1.29 is 4.42 Å². The molecule has 0 saturated carbocycles. The molecule has 122 valence electrons. The summed E-state index contributed by atoms with van der Waals surface area (Å²) in [6, 6.07) is 0. The summed E-state index contributed by atoms with van der Waals surface area (Å²) >= 11 is 0. The quantitative estimate of drug-likeness (QED) is 0.534. The third-order valence-electron chi connectivity index (χ3n) is 3.77. The Morgan fingerprint density at radius 3 is 0.810 bits per heavy atom. The third kappa shape index (κ3) is 3.73. The Morgan fingerprint density at radius 1 is 0.429 bits per heavy atom. The van der Waals surface area contributed by atoms with Crippen LogP contribution in [-0.4, -0.2) is 0 Å². The van der Waals surface area contributed by atoms with Crippen molar-refractivity contribution in [2.24, 2.45) is 0 Å². The predicted molar refractivity (Wildman–Crippen MR) is 93.5 cm³/mol. The fraction of sp³-hybridized carbons (Fsp3) is 0.800. The average molecular weight is 293 g/mol. The van der Waals surface area contributed by atoms with Crippen LogP contribution in [-0.2, 0) is 21.7 Å². The lowest BCUT2D eigenvalue weighted by atomic mass is 9.70. The van der Waals surface area contributed by atoms with Gasteiger partial charge < -0.3 is 4.42 Å². The number of rotatable bonds is 0. The Morgan fingerprint density at radius 2 is 0.667 bits per heavy atom. The van der Waals surface area contributed by atoms with Crippen LogP contribution in [0, 0.1) is 0 Å². The zero-order chi connectivity index (χ0) is 17.0. The monoisotopic (exact) mass is 292 g/mol. The number of furan rings is 1. The van der Waals surface area contributed by atoms with Crippen LogP contribution in [0.5, 0.6) is 0 Å². The lowest BCUT2D eigenvalue weighted by Crippen LogP contribution is -2.26. The summed E-state index contributed by atoms with van der Waals surface area (Å²) in [6.07, 6.45) is 0. The SMILES string of the molecule is CC(C)(C)c1oc(C(C)(C)C)c(C(C)(C)C)c1C(C)(C)C. The summed E-state index contributed by atoms with van der Waals surface area (Å²) in [7, 11) is 0. The normalized spacial score (nSPS) is 14.7. The van der Waals surface area contributed by atoms with Gasteiger partial charge in [0, 0.05) is 22.0 Å². The van der Waals surface area contributed by atoms with E-state index in [1.165, 1.54) is 11.1 Å². The predicted octanol–water partition coefficient (Wildman–Crippen LogP) is 6.47. The van der Waals surface area contributed by atoms with Gasteiger partial charge in [-0.1, -0.05) is 83.1 Å². The van der Waals surface area contributed by atoms with Crippen LogP contribution in [0.1, 0.15) is 106 Å². The Hall–Kier alpha value is -0.720. The van der Waals surface area contributed by atoms with Gasteiger partial charge in [-0.3, -0.25) is 0 Å². The van der Waals surface area contributed by atoms with E-state index >= 15 is 0 Å². The Kier molecular flexibility index (Phi) is 4.27. The molecule has 1 nitrogen and oxygen atoms in total. The highest BCUT2D eigenvalue weighted by atomic mass is 16.3. The Labute approximate surface area is 132 Å². The van der Waals surface area contributed by atoms with Crippen molar-refractivity contribution >= 4 is 0 Å². The second kappa shape index (κ2) is 4.89. The highest BCUT2D eigenvalue weighted by Gasteiger charge is 2.40. The van der Waals surface area contributed by atoms with E-state index in [1.54, 1.807) is 0 Å². The lowest BCUT2D eigenvalue weighted by Gasteiger charge is -2.31. The van der Waals surface area contributed by atoms with Gasteiger partial charge in [-0.05, 0) is 10.8 Å². The topological polar surface area (TPSA) is 13.1 Å². The Balaban J connectivity index is 3.93. The molecule has 0 aliphatic rings. The van der Waals surface area contributed by atoms with Crippen molar-refractivity contribution in [3.8, 4) is 0 Å². The average Bonchev–Trinajstić information content (AvgIpc) is 2.52. The first-order chi connectivity index (χ1) is 8.97. The first-order valence-corrected chi connectivity index (χ1v) is 8.16. The molecule has 0 radical (unpaired) electrons. The molecule has 1 aromatic rings. The van der Waals surface area contributed by atoms with E-state index in [0.29, 0.717) is 0 Å². The van der Waals surface area contributed by atoms with E-state index in [2.05, 4.69) is 83.1 Å². The van der Waals surface area contributed by atoms with Gasteiger partial charge in [0.15, 0.2) is 0 Å². The van der Waals surface area contributed by atoms with E-state index in [0.717, 1.165) is 11.5 Å². The maximum atomic E-state index is 6.53. The summed E-state index contributed by atoms with van der Waals surface area (Å²) in [6.45, 7) is 27.3. The van der Waals surface area contributed by atoms with Crippen LogP contribution in [0.25, 0.3) is 0 Å². The first-order valence-electron chi connectivity index (χ1n) is 8.16. The molecule has 1 heteroatoms. The molecule has 0 atom stereocenters. The van der Waals surface area contributed by atoms with Crippen molar-refractivity contribution in [2.75, 3.05) is 0 Å². The van der Waals surface area contributed by atoms with Gasteiger partial charge >= 0.3 is 0 Å². The van der Waals surface area contributed by atoms with Gasteiger partial charge in [0.25, 0.3) is 0 Å². The molecule has 1 rings (SSSR count). The maximum absolute atomic E-state index is 6.53. The molecule has 0 bridgehead atoms. The molecule has 1 heterocycles. The smallest absolute Gasteiger partial charge is 0.113 e. The van der Waals surface area contributed by atoms with Crippen LogP contribution >= 0.6 is 0 Å². The van der Waals surface area contributed by atoms with Gasteiger partial charge in [-0.15, -0.1) is 0 Å². The first kappa shape index (κ1) is 18.3. The molecular formula is C20H36O. The molecule has 0 aliphatic heterocycles. The number of hydrogen-bond acceptors (Lipinski definition) is 1. The molecule has 0 amide bonds. The zero-order valence-electron chi connectivity index (χ0n) is 16.4. The van der Waals surface area contributed by atoms with Crippen LogP contribution < -0.4 is 0 Å². The fourth-order valence-electron chi connectivity index (χ4n) is 2.92. The molecule has 1 aromatic heterocycles. The maximum Gasteiger partial charge on any atom is 0.113 e. The molecule has 0 saturated heterocycles. The van der Waals surface area contributed by atoms with E-state index in [1.807, 2.05) is 0 Å². The molecule has 0 N–H and O–H groups in total. The van der Waals surface area contributed by atoms with Gasteiger partial charge in [0.05, 0.1) is 0 Å². The molecule has 0 fully saturated rings. The van der Waals surface area contributed by atoms with Gasteiger partial charge in [-0.2, -0.15) is 0 Å². The molecule has 0 aromatic carbocycles. The van der Waals surface area contributed by atoms with Gasteiger partial charge in [0.2, 0.25) is 0 Å². The summed E-state index contributed by atoms with van der Waals surface area (Å²) in [5.74, 6) is 2.31. The van der Waals surface area contributed by atoms with Crippen LogP contribution in [0.4, 0.5) is 0 Å². The minimum atomic E-state index is 0.0200. The Bertz CT molecular complexity index is 456. The summed E-state index contributed by atoms with van der Waals surface area (Å²) in [5, 5.41) is 0. The summed E-state index contributed by atoms with van der Waals surface area (Å²) in [4.78, 5) is 0. The molecule has 21 heavy (non-hydrogen) atoms. The van der Waals surface area contributed by atoms with Gasteiger partial charge in [-0.25, -0.2) is 0 Å². The molecule has 0 spiro atoms. The van der Waals surface area contributed by atoms with Crippen molar-refractivity contribution in [2.45, 2.75) is 105 Å². The van der Waals surface area contributed by atoms with E-state index in [-0.39, 0.29) is 21.7 Å². The minimum Gasteiger partial charge on any atom is -0.464 e. The van der Waals surface area contributed by atoms with Crippen molar-refractivity contribution in [3.63, 3.8) is 0 Å². The minimum absolute atomic E-state index is 0.0200. The van der Waals surface area contributed by atoms with Crippen molar-refractivity contribution in [3.05, 3.63) is 22.6 Å². The second-order valence-electron chi connectivity index (χ2n) is 10.5. The second-order valence-corrected chi connectivity index (χ2v) is 10.5. The van der Waals surface area contributed by atoms with Crippen LogP contribution in [0.3, 0.4) is 0 Å². The van der Waals surface area contributed by atoms with Crippen LogP contribution in [0.15, 0.2) is 4.42 Å². The summed E-state index contributed by atoms with van der Waals surface area (Å²) < 4.78 is 6.53. The standard InChI is InChI=1S/C20H36O/c1-17(2,3)13-14(18(4,5)6)16(20(10,11)12)21-15(13)19(7,8)9/h1-12H3. The molecular weight excluding hydrogens is 256 g/mol. The van der Waals surface area contributed by atoms with Gasteiger partial charge in [0.1, 0.15) is 11.5 Å². The highest BCUT2D eigenvalue weighted by molar-refractivity contribution is 5.47. The lowest BCUT2D eigenvalue weighted by molar-refractivity contribution is 0.333. The van der Waals surface area contributed by atoms with Crippen molar-refractivity contribution in [1.82, 2.24) is 0 Å². The molecule has 0 aliphatic carbocycles. The molecule has 0 unspecified atom stereocenters. The van der Waals surface area contributed by atoms with Crippen molar-refractivity contribution in [1.29, 1.82) is 0 Å². The zero-order valence-corrected chi connectivity index (χ0v) is 16.4. The van der Waals surface area contributed by atoms with E-state index < -0.39 is 0 Å². The van der Waals surface area contributed by atoms with Crippen LogP contribution in [0.2, 0.25) is 0 Å². The largest absolute Gasteiger partial charge is 0.464 e.